The number of para-hydroxylation sites is 1. The van der Waals surface area contributed by atoms with Crippen LogP contribution in [0.4, 0.5) is 11.4 Å². The molecule has 1 aliphatic heterocycles. The molecule has 2 amide bonds. The number of nitrogens with zero attached hydrogens (tertiary/aromatic N) is 2. The molecule has 0 saturated carbocycles. The molecule has 40 heavy (non-hydrogen) atoms. The monoisotopic (exact) mass is 543 g/mol. The Hall–Kier alpha value is -5.45. The second-order valence-electron chi connectivity index (χ2n) is 8.50. The topological polar surface area (TPSA) is 144 Å². The van der Waals surface area contributed by atoms with Crippen molar-refractivity contribution in [1.82, 2.24) is 0 Å². The first kappa shape index (κ1) is 27.6. The summed E-state index contributed by atoms with van der Waals surface area (Å²) in [6.45, 7) is 1.32. The van der Waals surface area contributed by atoms with Crippen LogP contribution < -0.4 is 19.8 Å². The highest BCUT2D eigenvalue weighted by Crippen LogP contribution is 2.31. The third-order valence-corrected chi connectivity index (χ3v) is 5.86. The maximum atomic E-state index is 13.1. The fourth-order valence-corrected chi connectivity index (χ4v) is 3.90. The van der Waals surface area contributed by atoms with E-state index in [1.807, 2.05) is 0 Å². The van der Waals surface area contributed by atoms with Crippen LogP contribution in [0.15, 0.2) is 77.4 Å². The van der Waals surface area contributed by atoms with Crippen LogP contribution in [-0.4, -0.2) is 55.4 Å². The standard InChI is InChI=1S/C29H25N3O8/c1-17-22(27(34)32(31-17)20-8-6-7-19(15-20)28(35)36)13-18-11-12-24(25(14-18)38-2)40-16-26(33)30-23-10-5-4-9-21(23)29(37)39-3/h4-15H,16H2,1-3H3,(H,30,33)(H,35,36). The summed E-state index contributed by atoms with van der Waals surface area (Å²) in [5.74, 6) is -1.99. The molecular weight excluding hydrogens is 518 g/mol. The van der Waals surface area contributed by atoms with E-state index in [0.717, 1.165) is 5.01 Å². The van der Waals surface area contributed by atoms with Crippen LogP contribution in [-0.2, 0) is 14.3 Å². The van der Waals surface area contributed by atoms with Gasteiger partial charge in [-0.2, -0.15) is 10.1 Å². The zero-order chi connectivity index (χ0) is 28.8. The Morgan fingerprint density at radius 1 is 1.00 bits per heavy atom. The van der Waals surface area contributed by atoms with Crippen molar-refractivity contribution in [3.63, 3.8) is 0 Å². The summed E-state index contributed by atoms with van der Waals surface area (Å²) in [5, 5.41) is 17.3. The molecule has 0 aliphatic carbocycles. The van der Waals surface area contributed by atoms with Gasteiger partial charge in [0.05, 0.1) is 48.0 Å². The van der Waals surface area contributed by atoms with Gasteiger partial charge in [-0.15, -0.1) is 0 Å². The van der Waals surface area contributed by atoms with Crippen molar-refractivity contribution in [3.05, 3.63) is 89.0 Å². The van der Waals surface area contributed by atoms with Crippen molar-refractivity contribution >= 4 is 46.9 Å². The summed E-state index contributed by atoms with van der Waals surface area (Å²) < 4.78 is 15.8. The number of hydrogen-bond donors (Lipinski definition) is 2. The Morgan fingerprint density at radius 3 is 2.50 bits per heavy atom. The van der Waals surface area contributed by atoms with Gasteiger partial charge in [0.25, 0.3) is 11.8 Å². The van der Waals surface area contributed by atoms with Crippen LogP contribution in [0.3, 0.4) is 0 Å². The number of benzene rings is 3. The first-order chi connectivity index (χ1) is 19.2. The maximum absolute atomic E-state index is 13.1. The average molecular weight is 544 g/mol. The summed E-state index contributed by atoms with van der Waals surface area (Å²) in [4.78, 5) is 48.8. The lowest BCUT2D eigenvalue weighted by atomic mass is 10.1. The zero-order valence-corrected chi connectivity index (χ0v) is 21.8. The lowest BCUT2D eigenvalue weighted by Gasteiger charge is -2.13. The van der Waals surface area contributed by atoms with E-state index in [-0.39, 0.29) is 23.5 Å². The van der Waals surface area contributed by atoms with Crippen molar-refractivity contribution in [2.75, 3.05) is 31.2 Å². The lowest BCUT2D eigenvalue weighted by Crippen LogP contribution is -2.22. The van der Waals surface area contributed by atoms with Crippen LogP contribution >= 0.6 is 0 Å². The van der Waals surface area contributed by atoms with Gasteiger partial charge in [0.2, 0.25) is 0 Å². The third kappa shape index (κ3) is 5.99. The molecule has 11 nitrogen and oxygen atoms in total. The van der Waals surface area contributed by atoms with Crippen LogP contribution in [0.5, 0.6) is 11.5 Å². The molecule has 11 heteroatoms. The molecule has 3 aromatic carbocycles. The highest BCUT2D eigenvalue weighted by atomic mass is 16.5. The summed E-state index contributed by atoms with van der Waals surface area (Å²) >= 11 is 0. The van der Waals surface area contributed by atoms with Crippen LogP contribution in [0.25, 0.3) is 6.08 Å². The molecular formula is C29H25N3O8. The molecule has 1 aliphatic rings. The summed E-state index contributed by atoms with van der Waals surface area (Å²) in [5.41, 5.74) is 2.26. The van der Waals surface area contributed by atoms with Crippen molar-refractivity contribution < 1.29 is 38.5 Å². The molecule has 0 saturated heterocycles. The van der Waals surface area contributed by atoms with Gasteiger partial charge >= 0.3 is 11.9 Å². The largest absolute Gasteiger partial charge is 0.493 e. The number of esters is 1. The number of carbonyl (C=O) groups is 4. The molecule has 2 N–H and O–H groups in total. The Bertz CT molecular complexity index is 1560. The number of hydrazone groups is 1. The summed E-state index contributed by atoms with van der Waals surface area (Å²) in [6.07, 6.45) is 1.63. The van der Waals surface area contributed by atoms with Gasteiger partial charge in [-0.25, -0.2) is 9.59 Å². The van der Waals surface area contributed by atoms with Crippen LogP contribution in [0.2, 0.25) is 0 Å². The molecule has 204 valence electrons. The molecule has 0 aromatic heterocycles. The second-order valence-corrected chi connectivity index (χ2v) is 8.50. The first-order valence-electron chi connectivity index (χ1n) is 11.9. The summed E-state index contributed by atoms with van der Waals surface area (Å²) in [7, 11) is 2.69. The summed E-state index contributed by atoms with van der Waals surface area (Å²) in [6, 6.07) is 17.3. The minimum absolute atomic E-state index is 0.0391. The van der Waals surface area contributed by atoms with Gasteiger partial charge in [0, 0.05) is 0 Å². The van der Waals surface area contributed by atoms with E-state index in [1.165, 1.54) is 32.4 Å². The average Bonchev–Trinajstić information content (AvgIpc) is 3.24. The number of ether oxygens (including phenoxy) is 3. The number of rotatable bonds is 9. The van der Waals surface area contributed by atoms with Crippen molar-refractivity contribution in [2.45, 2.75) is 6.92 Å². The van der Waals surface area contributed by atoms with E-state index in [2.05, 4.69) is 10.4 Å². The molecule has 4 rings (SSSR count). The highest BCUT2D eigenvalue weighted by Gasteiger charge is 2.29. The number of amides is 2. The number of hydrogen-bond acceptors (Lipinski definition) is 8. The van der Waals surface area contributed by atoms with Crippen LogP contribution in [0.1, 0.15) is 33.2 Å². The Balaban J connectivity index is 1.47. The van der Waals surface area contributed by atoms with Gasteiger partial charge < -0.3 is 24.6 Å². The predicted molar refractivity (Wildman–Crippen MR) is 147 cm³/mol. The molecule has 0 unspecified atom stereocenters. The SMILES string of the molecule is COC(=O)c1ccccc1NC(=O)COc1ccc(C=C2C(=O)N(c3cccc(C(=O)O)c3)N=C2C)cc1OC. The lowest BCUT2D eigenvalue weighted by molar-refractivity contribution is -0.118. The van der Waals surface area contributed by atoms with Gasteiger partial charge in [0.1, 0.15) is 0 Å². The molecule has 3 aromatic rings. The van der Waals surface area contributed by atoms with Gasteiger partial charge in [-0.3, -0.25) is 9.59 Å². The van der Waals surface area contributed by atoms with Gasteiger partial charge in [-0.05, 0) is 61.0 Å². The maximum Gasteiger partial charge on any atom is 0.339 e. The number of carboxylic acids is 1. The molecule has 0 spiro atoms. The quantitative estimate of drug-likeness (QED) is 0.304. The first-order valence-corrected chi connectivity index (χ1v) is 11.9. The van der Waals surface area contributed by atoms with E-state index < -0.39 is 23.8 Å². The van der Waals surface area contributed by atoms with E-state index in [0.29, 0.717) is 34.0 Å². The van der Waals surface area contributed by atoms with Gasteiger partial charge in [0.15, 0.2) is 18.1 Å². The van der Waals surface area contributed by atoms with Gasteiger partial charge in [-0.1, -0.05) is 24.3 Å². The fraction of sp³-hybridized carbons (Fsp3) is 0.138. The normalized spacial score (nSPS) is 13.6. The molecule has 0 atom stereocenters. The number of carbonyl (C=O) groups excluding carboxylic acids is 3. The van der Waals surface area contributed by atoms with Crippen molar-refractivity contribution in [1.29, 1.82) is 0 Å². The molecule has 0 radical (unpaired) electrons. The zero-order valence-electron chi connectivity index (χ0n) is 21.8. The smallest absolute Gasteiger partial charge is 0.339 e. The minimum Gasteiger partial charge on any atom is -0.493 e. The highest BCUT2D eigenvalue weighted by molar-refractivity contribution is 6.32. The number of aromatic carboxylic acids is 1. The molecule has 1 heterocycles. The van der Waals surface area contributed by atoms with Crippen LogP contribution in [0, 0.1) is 0 Å². The molecule has 0 fully saturated rings. The second kappa shape index (κ2) is 11.9. The minimum atomic E-state index is -1.11. The van der Waals surface area contributed by atoms with E-state index >= 15 is 0 Å². The Kier molecular flexibility index (Phi) is 8.24. The van der Waals surface area contributed by atoms with E-state index in [4.69, 9.17) is 14.2 Å². The molecule has 0 bridgehead atoms. The van der Waals surface area contributed by atoms with E-state index in [1.54, 1.807) is 61.5 Å². The fourth-order valence-electron chi connectivity index (χ4n) is 3.90. The third-order valence-electron chi connectivity index (χ3n) is 5.86. The number of methoxy groups -OCH3 is 2. The number of anilines is 2. The number of nitrogens with one attached hydrogen (secondary N) is 1. The Labute approximate surface area is 229 Å². The number of carboxylic acid groups (broad SMARTS) is 1. The Morgan fingerprint density at radius 2 is 1.77 bits per heavy atom. The van der Waals surface area contributed by atoms with E-state index in [9.17, 15) is 24.3 Å². The van der Waals surface area contributed by atoms with Crippen molar-refractivity contribution in [3.8, 4) is 11.5 Å². The predicted octanol–water partition coefficient (Wildman–Crippen LogP) is 4.00. The van der Waals surface area contributed by atoms with Crippen molar-refractivity contribution in [2.24, 2.45) is 5.10 Å².